The van der Waals surface area contributed by atoms with Gasteiger partial charge in [-0.15, -0.1) is 11.3 Å². The van der Waals surface area contributed by atoms with Crippen molar-refractivity contribution in [3.63, 3.8) is 0 Å². The van der Waals surface area contributed by atoms with Gasteiger partial charge in [-0.25, -0.2) is 4.79 Å². The van der Waals surface area contributed by atoms with Crippen molar-refractivity contribution in [2.24, 2.45) is 0 Å². The molecule has 0 amide bonds. The lowest BCUT2D eigenvalue weighted by atomic mass is 10.0. The summed E-state index contributed by atoms with van der Waals surface area (Å²) in [6.07, 6.45) is 0.678. The largest absolute Gasteiger partial charge is 0.478 e. The van der Waals surface area contributed by atoms with Gasteiger partial charge in [-0.1, -0.05) is 29.8 Å². The van der Waals surface area contributed by atoms with E-state index in [1.54, 1.807) is 23.5 Å². The number of halogens is 1. The van der Waals surface area contributed by atoms with Crippen molar-refractivity contribution in [1.29, 1.82) is 0 Å². The van der Waals surface area contributed by atoms with E-state index in [-0.39, 0.29) is 5.56 Å². The molecule has 4 aromatic rings. The Balaban J connectivity index is 1.90. The Morgan fingerprint density at radius 1 is 1.08 bits per heavy atom. The van der Waals surface area contributed by atoms with E-state index in [9.17, 15) is 9.90 Å². The van der Waals surface area contributed by atoms with E-state index in [1.807, 2.05) is 35.7 Å². The Hall–Kier alpha value is -2.43. The van der Waals surface area contributed by atoms with Crippen LogP contribution in [0.1, 0.15) is 21.6 Å². The second kappa shape index (κ2) is 5.89. The number of carboxylic acid groups (broad SMARTS) is 1. The molecule has 0 saturated heterocycles. The number of pyridine rings is 1. The van der Waals surface area contributed by atoms with Crippen LogP contribution in [0.4, 0.5) is 0 Å². The SMILES string of the molecule is O=C(O)c1ccc2c(c1)nc(Cc1ccc(Cl)cc1)c1ccsc12. The Kier molecular flexibility index (Phi) is 3.71. The third-order valence-corrected chi connectivity index (χ3v) is 5.21. The summed E-state index contributed by atoms with van der Waals surface area (Å²) in [5.41, 5.74) is 3.04. The first-order valence-corrected chi connectivity index (χ1v) is 8.65. The van der Waals surface area contributed by atoms with Gasteiger partial charge in [0.05, 0.1) is 16.8 Å². The van der Waals surface area contributed by atoms with Crippen LogP contribution < -0.4 is 0 Å². The first-order valence-electron chi connectivity index (χ1n) is 7.39. The molecule has 0 aliphatic carbocycles. The van der Waals surface area contributed by atoms with Gasteiger partial charge < -0.3 is 5.11 Å². The van der Waals surface area contributed by atoms with Gasteiger partial charge in [0.1, 0.15) is 0 Å². The van der Waals surface area contributed by atoms with Gasteiger partial charge in [0.15, 0.2) is 0 Å². The van der Waals surface area contributed by atoms with Crippen LogP contribution in [0.15, 0.2) is 53.9 Å². The van der Waals surface area contributed by atoms with Crippen molar-refractivity contribution >= 4 is 49.9 Å². The summed E-state index contributed by atoms with van der Waals surface area (Å²) >= 11 is 7.60. The molecule has 0 unspecified atom stereocenters. The fourth-order valence-electron chi connectivity index (χ4n) is 2.83. The van der Waals surface area contributed by atoms with E-state index in [1.165, 1.54) is 0 Å². The number of carbonyl (C=O) groups is 1. The molecule has 24 heavy (non-hydrogen) atoms. The molecule has 2 aromatic heterocycles. The molecular formula is C19H12ClNO2S. The van der Waals surface area contributed by atoms with Crippen LogP contribution in [-0.4, -0.2) is 16.1 Å². The molecule has 4 rings (SSSR count). The van der Waals surface area contributed by atoms with E-state index < -0.39 is 5.97 Å². The monoisotopic (exact) mass is 353 g/mol. The summed E-state index contributed by atoms with van der Waals surface area (Å²) < 4.78 is 1.14. The number of carboxylic acids is 1. The van der Waals surface area contributed by atoms with E-state index in [0.29, 0.717) is 17.0 Å². The van der Waals surface area contributed by atoms with Crippen LogP contribution in [-0.2, 0) is 6.42 Å². The molecule has 0 spiro atoms. The maximum absolute atomic E-state index is 11.2. The highest BCUT2D eigenvalue weighted by atomic mass is 35.5. The van der Waals surface area contributed by atoms with E-state index in [2.05, 4.69) is 6.07 Å². The van der Waals surface area contributed by atoms with Crippen LogP contribution >= 0.6 is 22.9 Å². The van der Waals surface area contributed by atoms with Crippen molar-refractivity contribution in [2.45, 2.75) is 6.42 Å². The number of nitrogens with zero attached hydrogens (tertiary/aromatic N) is 1. The lowest BCUT2D eigenvalue weighted by Gasteiger charge is -2.08. The Bertz CT molecular complexity index is 1070. The van der Waals surface area contributed by atoms with Gasteiger partial charge >= 0.3 is 5.97 Å². The molecule has 1 N–H and O–H groups in total. The zero-order valence-corrected chi connectivity index (χ0v) is 14.1. The molecule has 5 heteroatoms. The second-order valence-electron chi connectivity index (χ2n) is 5.56. The number of thiophene rings is 1. The van der Waals surface area contributed by atoms with Crippen molar-refractivity contribution in [2.75, 3.05) is 0 Å². The predicted molar refractivity (Wildman–Crippen MR) is 98.3 cm³/mol. The fourth-order valence-corrected chi connectivity index (χ4v) is 3.91. The first-order chi connectivity index (χ1) is 11.6. The van der Waals surface area contributed by atoms with Gasteiger partial charge in [0.25, 0.3) is 0 Å². The summed E-state index contributed by atoms with van der Waals surface area (Å²) in [6.45, 7) is 0. The summed E-state index contributed by atoms with van der Waals surface area (Å²) in [5, 5.41) is 14.1. The standard InChI is InChI=1S/C19H12ClNO2S/c20-13-4-1-11(2-5-13)9-16-15-7-8-24-18(15)14-6-3-12(19(22)23)10-17(14)21-16/h1-8,10H,9H2,(H,22,23). The first kappa shape index (κ1) is 15.1. The highest BCUT2D eigenvalue weighted by Crippen LogP contribution is 2.32. The van der Waals surface area contributed by atoms with Crippen molar-refractivity contribution in [3.8, 4) is 0 Å². The fraction of sp³-hybridized carbons (Fsp3) is 0.0526. The normalized spacial score (nSPS) is 11.2. The molecule has 0 radical (unpaired) electrons. The van der Waals surface area contributed by atoms with Crippen LogP contribution in [0.25, 0.3) is 21.0 Å². The summed E-state index contributed by atoms with van der Waals surface area (Å²) in [7, 11) is 0. The molecule has 118 valence electrons. The number of aromatic nitrogens is 1. The third kappa shape index (κ3) is 2.64. The molecule has 0 saturated carbocycles. The lowest BCUT2D eigenvalue weighted by Crippen LogP contribution is -1.98. The zero-order valence-electron chi connectivity index (χ0n) is 12.5. The van der Waals surface area contributed by atoms with E-state index in [4.69, 9.17) is 16.6 Å². The van der Waals surface area contributed by atoms with Gasteiger partial charge in [0.2, 0.25) is 0 Å². The Morgan fingerprint density at radius 2 is 1.88 bits per heavy atom. The van der Waals surface area contributed by atoms with Gasteiger partial charge in [-0.3, -0.25) is 4.98 Å². The number of hydrogen-bond acceptors (Lipinski definition) is 3. The maximum Gasteiger partial charge on any atom is 0.335 e. The van der Waals surface area contributed by atoms with Crippen molar-refractivity contribution in [1.82, 2.24) is 4.98 Å². The lowest BCUT2D eigenvalue weighted by molar-refractivity contribution is 0.0697. The number of fused-ring (bicyclic) bond motifs is 3. The van der Waals surface area contributed by atoms with Gasteiger partial charge in [-0.05, 0) is 41.3 Å². The van der Waals surface area contributed by atoms with Crippen LogP contribution in [0.5, 0.6) is 0 Å². The molecule has 0 atom stereocenters. The van der Waals surface area contributed by atoms with Crippen LogP contribution in [0.2, 0.25) is 5.02 Å². The molecule has 0 aliphatic heterocycles. The third-order valence-electron chi connectivity index (χ3n) is 4.01. The molecule has 0 bridgehead atoms. The van der Waals surface area contributed by atoms with Crippen LogP contribution in [0.3, 0.4) is 0 Å². The van der Waals surface area contributed by atoms with Gasteiger partial charge in [-0.2, -0.15) is 0 Å². The maximum atomic E-state index is 11.2. The molecule has 2 aromatic carbocycles. The number of benzene rings is 2. The van der Waals surface area contributed by atoms with E-state index in [0.717, 1.165) is 26.7 Å². The molecular weight excluding hydrogens is 342 g/mol. The summed E-state index contributed by atoms with van der Waals surface area (Å²) in [6, 6.07) is 14.9. The summed E-state index contributed by atoms with van der Waals surface area (Å²) in [5.74, 6) is -0.941. The second-order valence-corrected chi connectivity index (χ2v) is 6.91. The van der Waals surface area contributed by atoms with Crippen molar-refractivity contribution < 1.29 is 9.90 Å². The average Bonchev–Trinajstić information content (AvgIpc) is 3.06. The van der Waals surface area contributed by atoms with Crippen molar-refractivity contribution in [3.05, 3.63) is 75.8 Å². The minimum Gasteiger partial charge on any atom is -0.478 e. The molecule has 0 aliphatic rings. The predicted octanol–water partition coefficient (Wildman–Crippen LogP) is 5.39. The quantitative estimate of drug-likeness (QED) is 0.537. The summed E-state index contributed by atoms with van der Waals surface area (Å²) in [4.78, 5) is 16.0. The zero-order chi connectivity index (χ0) is 16.7. The minimum atomic E-state index is -0.941. The minimum absolute atomic E-state index is 0.253. The van der Waals surface area contributed by atoms with E-state index >= 15 is 0 Å². The Labute approximate surface area is 147 Å². The molecule has 0 fully saturated rings. The van der Waals surface area contributed by atoms with Crippen LogP contribution in [0, 0.1) is 0 Å². The molecule has 2 heterocycles. The van der Waals surface area contributed by atoms with Gasteiger partial charge in [0, 0.05) is 26.9 Å². The number of rotatable bonds is 3. The smallest absolute Gasteiger partial charge is 0.335 e. The highest BCUT2D eigenvalue weighted by molar-refractivity contribution is 7.18. The number of hydrogen-bond donors (Lipinski definition) is 1. The Morgan fingerprint density at radius 3 is 2.62 bits per heavy atom. The highest BCUT2D eigenvalue weighted by Gasteiger charge is 2.12. The average molecular weight is 354 g/mol. The topological polar surface area (TPSA) is 50.2 Å². The molecule has 3 nitrogen and oxygen atoms in total. The number of aromatic carboxylic acids is 1.